The highest BCUT2D eigenvalue weighted by atomic mass is 19.1. The van der Waals surface area contributed by atoms with E-state index in [1.54, 1.807) is 0 Å². The van der Waals surface area contributed by atoms with Crippen LogP contribution in [0.15, 0.2) is 53.1 Å². The van der Waals surface area contributed by atoms with E-state index in [9.17, 15) is 9.18 Å². The van der Waals surface area contributed by atoms with E-state index in [4.69, 9.17) is 4.52 Å². The quantitative estimate of drug-likeness (QED) is 0.747. The van der Waals surface area contributed by atoms with Gasteiger partial charge >= 0.3 is 6.03 Å². The number of fused-ring (bicyclic) bond motifs is 1. The molecule has 0 unspecified atom stereocenters. The molecule has 0 aliphatic heterocycles. The minimum Gasteiger partial charge on any atom is -0.356 e. The minimum absolute atomic E-state index is 0.190. The van der Waals surface area contributed by atoms with Crippen LogP contribution in [0.3, 0.4) is 0 Å². The smallest absolute Gasteiger partial charge is 0.315 e. The van der Waals surface area contributed by atoms with E-state index in [-0.39, 0.29) is 18.4 Å². The molecule has 128 valence electrons. The Kier molecular flexibility index (Phi) is 4.09. The SMILES string of the molecule is O=C(NCc1noc2ccc(F)cc12)NC[C@@H]1C[C@H]1c1ccccc1. The summed E-state index contributed by atoms with van der Waals surface area (Å²) in [6, 6.07) is 14.3. The average Bonchev–Trinajstić information content (AvgIpc) is 3.31. The molecule has 1 aromatic heterocycles. The van der Waals surface area contributed by atoms with E-state index in [0.717, 1.165) is 6.42 Å². The Balaban J connectivity index is 1.26. The van der Waals surface area contributed by atoms with Crippen molar-refractivity contribution in [2.24, 2.45) is 5.92 Å². The van der Waals surface area contributed by atoms with Crippen LogP contribution in [0, 0.1) is 11.7 Å². The molecular formula is C19H18FN3O2. The molecule has 1 fully saturated rings. The summed E-state index contributed by atoms with van der Waals surface area (Å²) in [7, 11) is 0. The topological polar surface area (TPSA) is 67.2 Å². The first-order valence-electron chi connectivity index (χ1n) is 8.31. The number of nitrogens with one attached hydrogen (secondary N) is 2. The number of benzene rings is 2. The van der Waals surface area contributed by atoms with E-state index < -0.39 is 0 Å². The average molecular weight is 339 g/mol. The maximum Gasteiger partial charge on any atom is 0.315 e. The third kappa shape index (κ3) is 3.47. The number of hydrogen-bond acceptors (Lipinski definition) is 3. The van der Waals surface area contributed by atoms with Crippen LogP contribution < -0.4 is 10.6 Å². The maximum absolute atomic E-state index is 13.3. The molecule has 0 saturated heterocycles. The van der Waals surface area contributed by atoms with Crippen molar-refractivity contribution in [3.05, 3.63) is 65.6 Å². The highest BCUT2D eigenvalue weighted by Crippen LogP contribution is 2.46. The first-order chi connectivity index (χ1) is 12.2. The van der Waals surface area contributed by atoms with Gasteiger partial charge in [0.1, 0.15) is 11.5 Å². The molecule has 1 saturated carbocycles. The van der Waals surface area contributed by atoms with Crippen LogP contribution in [0.5, 0.6) is 0 Å². The fourth-order valence-electron chi connectivity index (χ4n) is 3.12. The molecule has 0 spiro atoms. The maximum atomic E-state index is 13.3. The van der Waals surface area contributed by atoms with Gasteiger partial charge in [-0.15, -0.1) is 0 Å². The summed E-state index contributed by atoms with van der Waals surface area (Å²) in [6.45, 7) is 0.828. The Bertz CT molecular complexity index is 894. The molecule has 4 rings (SSSR count). The van der Waals surface area contributed by atoms with Gasteiger partial charge in [0.05, 0.1) is 6.54 Å². The van der Waals surface area contributed by atoms with Gasteiger partial charge in [0, 0.05) is 11.9 Å². The van der Waals surface area contributed by atoms with Gasteiger partial charge in [0.15, 0.2) is 5.58 Å². The fourth-order valence-corrected chi connectivity index (χ4v) is 3.12. The number of rotatable bonds is 5. The van der Waals surface area contributed by atoms with Crippen molar-refractivity contribution in [2.45, 2.75) is 18.9 Å². The van der Waals surface area contributed by atoms with Crippen molar-refractivity contribution in [3.63, 3.8) is 0 Å². The van der Waals surface area contributed by atoms with Crippen LogP contribution in [-0.2, 0) is 6.54 Å². The zero-order valence-electron chi connectivity index (χ0n) is 13.5. The molecular weight excluding hydrogens is 321 g/mol. The minimum atomic E-state index is -0.359. The highest BCUT2D eigenvalue weighted by Gasteiger charge is 2.37. The molecule has 6 heteroatoms. The third-order valence-electron chi connectivity index (χ3n) is 4.60. The van der Waals surface area contributed by atoms with Crippen molar-refractivity contribution in [1.82, 2.24) is 15.8 Å². The Labute approximate surface area is 144 Å². The molecule has 1 heterocycles. The Morgan fingerprint density at radius 3 is 2.88 bits per heavy atom. The number of urea groups is 1. The van der Waals surface area contributed by atoms with Gasteiger partial charge in [-0.3, -0.25) is 0 Å². The second-order valence-corrected chi connectivity index (χ2v) is 6.35. The van der Waals surface area contributed by atoms with E-state index in [2.05, 4.69) is 27.9 Å². The van der Waals surface area contributed by atoms with E-state index in [1.807, 2.05) is 18.2 Å². The summed E-state index contributed by atoms with van der Waals surface area (Å²) in [4.78, 5) is 12.0. The van der Waals surface area contributed by atoms with E-state index >= 15 is 0 Å². The standard InChI is InChI=1S/C19H18FN3O2/c20-14-6-7-18-16(9-14)17(23-25-18)11-22-19(24)21-10-13-8-15(13)12-4-2-1-3-5-12/h1-7,9,13,15H,8,10-11H2,(H2,21,22,24)/t13-,15-/m0/s1. The molecule has 2 atom stereocenters. The van der Waals surface area contributed by atoms with Gasteiger partial charge in [-0.05, 0) is 42.0 Å². The van der Waals surface area contributed by atoms with Crippen LogP contribution in [0.2, 0.25) is 0 Å². The fraction of sp³-hybridized carbons (Fsp3) is 0.263. The number of carbonyl (C=O) groups is 1. The second-order valence-electron chi connectivity index (χ2n) is 6.35. The third-order valence-corrected chi connectivity index (χ3v) is 4.60. The number of halogens is 1. The molecule has 0 bridgehead atoms. The van der Waals surface area contributed by atoms with Crippen LogP contribution in [0.4, 0.5) is 9.18 Å². The number of hydrogen-bond donors (Lipinski definition) is 2. The first kappa shape index (κ1) is 15.6. The first-order valence-corrected chi connectivity index (χ1v) is 8.31. The van der Waals surface area contributed by atoms with Crippen LogP contribution in [0.1, 0.15) is 23.6 Å². The Morgan fingerprint density at radius 1 is 1.20 bits per heavy atom. The number of nitrogens with zero attached hydrogens (tertiary/aromatic N) is 1. The van der Waals surface area contributed by atoms with Gasteiger partial charge in [0.2, 0.25) is 0 Å². The predicted octanol–water partition coefficient (Wildman–Crippen LogP) is 3.57. The van der Waals surface area contributed by atoms with E-state index in [1.165, 1.54) is 23.8 Å². The highest BCUT2D eigenvalue weighted by molar-refractivity contribution is 5.80. The summed E-state index contributed by atoms with van der Waals surface area (Å²) >= 11 is 0. The summed E-state index contributed by atoms with van der Waals surface area (Å²) in [5, 5.41) is 10.1. The summed E-state index contributed by atoms with van der Waals surface area (Å²) in [5.41, 5.74) is 2.34. The van der Waals surface area contributed by atoms with Crippen molar-refractivity contribution in [3.8, 4) is 0 Å². The lowest BCUT2D eigenvalue weighted by Crippen LogP contribution is -2.36. The van der Waals surface area contributed by atoms with Gasteiger partial charge in [-0.25, -0.2) is 9.18 Å². The molecule has 2 aromatic carbocycles. The largest absolute Gasteiger partial charge is 0.356 e. The monoisotopic (exact) mass is 339 g/mol. The molecule has 25 heavy (non-hydrogen) atoms. The predicted molar refractivity (Wildman–Crippen MR) is 91.5 cm³/mol. The molecule has 1 aliphatic rings. The molecule has 1 aliphatic carbocycles. The van der Waals surface area contributed by atoms with Crippen molar-refractivity contribution in [2.75, 3.05) is 6.54 Å². The molecule has 5 nitrogen and oxygen atoms in total. The normalized spacial score (nSPS) is 18.9. The van der Waals surface area contributed by atoms with Crippen molar-refractivity contribution >= 4 is 17.0 Å². The summed E-state index contributed by atoms with van der Waals surface area (Å²) in [5.74, 6) is 0.654. The zero-order chi connectivity index (χ0) is 17.2. The van der Waals surface area contributed by atoms with Crippen LogP contribution in [0.25, 0.3) is 11.0 Å². The number of carbonyl (C=O) groups excluding carboxylic acids is 1. The Hall–Kier alpha value is -2.89. The lowest BCUT2D eigenvalue weighted by Gasteiger charge is -2.06. The van der Waals surface area contributed by atoms with E-state index in [0.29, 0.717) is 35.0 Å². The second kappa shape index (κ2) is 6.55. The molecule has 2 amide bonds. The van der Waals surface area contributed by atoms with Gasteiger partial charge in [-0.2, -0.15) is 0 Å². The Morgan fingerprint density at radius 2 is 2.04 bits per heavy atom. The van der Waals surface area contributed by atoms with Gasteiger partial charge in [0.25, 0.3) is 0 Å². The van der Waals surface area contributed by atoms with Gasteiger partial charge < -0.3 is 15.2 Å². The molecule has 3 aromatic rings. The van der Waals surface area contributed by atoms with Crippen LogP contribution in [-0.4, -0.2) is 17.7 Å². The molecule has 0 radical (unpaired) electrons. The lowest BCUT2D eigenvalue weighted by atomic mass is 10.1. The van der Waals surface area contributed by atoms with Crippen LogP contribution >= 0.6 is 0 Å². The number of aromatic nitrogens is 1. The lowest BCUT2D eigenvalue weighted by molar-refractivity contribution is 0.239. The zero-order valence-corrected chi connectivity index (χ0v) is 13.5. The number of amides is 2. The summed E-state index contributed by atoms with van der Waals surface area (Å²) in [6.07, 6.45) is 1.09. The molecule has 2 N–H and O–H groups in total. The van der Waals surface area contributed by atoms with Gasteiger partial charge in [-0.1, -0.05) is 35.5 Å². The van der Waals surface area contributed by atoms with Crippen molar-refractivity contribution < 1.29 is 13.7 Å². The summed E-state index contributed by atoms with van der Waals surface area (Å²) < 4.78 is 18.4. The van der Waals surface area contributed by atoms with Crippen molar-refractivity contribution in [1.29, 1.82) is 0 Å².